The number of Topliss-reactive ketones (excluding diaryl/α,β-unsaturated/α-hetero) is 1. The third-order valence-corrected chi connectivity index (χ3v) is 6.53. The normalized spacial score (nSPS) is 12.9. The zero-order valence-corrected chi connectivity index (χ0v) is 21.2. The second-order valence-electron chi connectivity index (χ2n) is 9.53. The van der Waals surface area contributed by atoms with E-state index in [1.807, 2.05) is 31.2 Å². The maximum atomic E-state index is 10.9. The Morgan fingerprint density at radius 3 is 2.15 bits per heavy atom. The van der Waals surface area contributed by atoms with Gasteiger partial charge in [-0.25, -0.2) is 0 Å². The van der Waals surface area contributed by atoms with Gasteiger partial charge in [-0.05, 0) is 91.5 Å². The maximum absolute atomic E-state index is 10.9. The van der Waals surface area contributed by atoms with Gasteiger partial charge in [0.1, 0.15) is 0 Å². The van der Waals surface area contributed by atoms with E-state index in [1.54, 1.807) is 6.92 Å². The molecule has 0 fully saturated rings. The van der Waals surface area contributed by atoms with Crippen molar-refractivity contribution in [3.63, 3.8) is 0 Å². The van der Waals surface area contributed by atoms with Crippen LogP contribution in [0.25, 0.3) is 11.1 Å². The fraction of sp³-hybridized carbons (Fsp3) is 0.281. The van der Waals surface area contributed by atoms with Crippen LogP contribution in [0.3, 0.4) is 0 Å². The minimum Gasteiger partial charge on any atom is -0.295 e. The zero-order valence-electron chi connectivity index (χ0n) is 21.2. The first-order valence-electron chi connectivity index (χ1n) is 11.8. The van der Waals surface area contributed by atoms with Crippen LogP contribution in [0.15, 0.2) is 72.8 Å². The van der Waals surface area contributed by atoms with Crippen molar-refractivity contribution in [1.82, 2.24) is 0 Å². The van der Waals surface area contributed by atoms with Gasteiger partial charge in [0, 0.05) is 5.56 Å². The van der Waals surface area contributed by atoms with Gasteiger partial charge in [0.25, 0.3) is 0 Å². The molecule has 0 bridgehead atoms. The monoisotopic (exact) mass is 436 g/mol. The predicted octanol–water partition coefficient (Wildman–Crippen LogP) is 8.67. The molecule has 0 aromatic heterocycles. The van der Waals surface area contributed by atoms with Gasteiger partial charge >= 0.3 is 0 Å². The van der Waals surface area contributed by atoms with Crippen molar-refractivity contribution in [3.05, 3.63) is 117 Å². The van der Waals surface area contributed by atoms with Crippen LogP contribution in [0.4, 0.5) is 0 Å². The molecule has 0 aliphatic heterocycles. The van der Waals surface area contributed by atoms with Crippen molar-refractivity contribution >= 4 is 16.9 Å². The van der Waals surface area contributed by atoms with E-state index in [0.717, 1.165) is 17.5 Å². The van der Waals surface area contributed by atoms with Crippen molar-refractivity contribution in [2.24, 2.45) is 0 Å². The molecule has 0 unspecified atom stereocenters. The molecule has 0 amide bonds. The van der Waals surface area contributed by atoms with Gasteiger partial charge in [-0.15, -0.1) is 0 Å². The molecule has 3 aromatic carbocycles. The summed E-state index contributed by atoms with van der Waals surface area (Å²) in [4.78, 5) is 10.9. The van der Waals surface area contributed by atoms with Gasteiger partial charge < -0.3 is 0 Å². The van der Waals surface area contributed by atoms with E-state index in [0.29, 0.717) is 5.92 Å². The van der Waals surface area contributed by atoms with Gasteiger partial charge in [-0.2, -0.15) is 0 Å². The first-order chi connectivity index (χ1) is 15.6. The van der Waals surface area contributed by atoms with Crippen LogP contribution in [0.2, 0.25) is 0 Å². The molecule has 0 spiro atoms. The van der Waals surface area contributed by atoms with E-state index < -0.39 is 0 Å². The number of rotatable bonds is 3. The van der Waals surface area contributed by atoms with Crippen LogP contribution in [0.1, 0.15) is 82.9 Å². The third-order valence-electron chi connectivity index (χ3n) is 6.53. The molecular weight excluding hydrogens is 400 g/mol. The molecule has 3 aromatic rings. The van der Waals surface area contributed by atoms with Crippen LogP contribution in [0.5, 0.6) is 0 Å². The Morgan fingerprint density at radius 2 is 1.58 bits per heavy atom. The Morgan fingerprint density at radius 1 is 0.879 bits per heavy atom. The SMILES string of the molecule is C=C1C(C)=C(c2cccc(C)c2)Cc2c1cc(C)cc2C(C)C.CC(=O)c1ccccc1C. The van der Waals surface area contributed by atoms with Crippen LogP contribution < -0.4 is 0 Å². The van der Waals surface area contributed by atoms with Crippen LogP contribution in [-0.4, -0.2) is 5.78 Å². The zero-order chi connectivity index (χ0) is 24.3. The Balaban J connectivity index is 0.000000257. The van der Waals surface area contributed by atoms with Crippen molar-refractivity contribution in [2.45, 2.75) is 60.8 Å². The highest BCUT2D eigenvalue weighted by atomic mass is 16.1. The van der Waals surface area contributed by atoms with Crippen molar-refractivity contribution in [1.29, 1.82) is 0 Å². The Hall–Kier alpha value is -3.19. The third kappa shape index (κ3) is 5.42. The number of carbonyl (C=O) groups is 1. The van der Waals surface area contributed by atoms with Gasteiger partial charge in [0.05, 0.1) is 0 Å². The summed E-state index contributed by atoms with van der Waals surface area (Å²) < 4.78 is 0. The quantitative estimate of drug-likeness (QED) is 0.375. The lowest BCUT2D eigenvalue weighted by atomic mass is 9.76. The molecule has 0 N–H and O–H groups in total. The summed E-state index contributed by atoms with van der Waals surface area (Å²) in [5, 5.41) is 0. The molecule has 0 heterocycles. The molecule has 0 radical (unpaired) electrons. The Bertz CT molecular complexity index is 1240. The Kier molecular flexibility index (Phi) is 7.53. The summed E-state index contributed by atoms with van der Waals surface area (Å²) in [5.41, 5.74) is 14.1. The lowest BCUT2D eigenvalue weighted by Crippen LogP contribution is -2.10. The standard InChI is InChI=1S/C23H26.C9H10O/c1-14(2)20-11-16(4)12-22-18(6)17(5)21(13-23(20)22)19-9-7-8-15(3)10-19;1-7-5-3-4-6-9(7)8(2)10/h7-12,14H,6,13H2,1-5H3;3-6H,1-2H3. The van der Waals surface area contributed by atoms with Gasteiger partial charge in [0.15, 0.2) is 5.78 Å². The topological polar surface area (TPSA) is 17.1 Å². The number of hydrogen-bond acceptors (Lipinski definition) is 1. The van der Waals surface area contributed by atoms with E-state index in [4.69, 9.17) is 0 Å². The van der Waals surface area contributed by atoms with Crippen molar-refractivity contribution in [2.75, 3.05) is 0 Å². The summed E-state index contributed by atoms with van der Waals surface area (Å²) in [5.74, 6) is 0.673. The summed E-state index contributed by atoms with van der Waals surface area (Å²) in [6.07, 6.45) is 1.01. The number of hydrogen-bond donors (Lipinski definition) is 0. The van der Waals surface area contributed by atoms with E-state index in [9.17, 15) is 4.79 Å². The minimum absolute atomic E-state index is 0.137. The molecular formula is C32H36O. The fourth-order valence-corrected chi connectivity index (χ4v) is 4.64. The highest BCUT2D eigenvalue weighted by molar-refractivity contribution is 5.95. The highest BCUT2D eigenvalue weighted by Gasteiger charge is 2.23. The summed E-state index contributed by atoms with van der Waals surface area (Å²) >= 11 is 0. The molecule has 1 heteroatoms. The number of ketones is 1. The minimum atomic E-state index is 0.137. The van der Waals surface area contributed by atoms with E-state index >= 15 is 0 Å². The average molecular weight is 437 g/mol. The largest absolute Gasteiger partial charge is 0.295 e. The smallest absolute Gasteiger partial charge is 0.160 e. The Labute approximate surface area is 199 Å². The lowest BCUT2D eigenvalue weighted by Gasteiger charge is -2.28. The second kappa shape index (κ2) is 10.2. The summed E-state index contributed by atoms with van der Waals surface area (Å²) in [7, 11) is 0. The molecule has 1 nitrogen and oxygen atoms in total. The van der Waals surface area contributed by atoms with Crippen LogP contribution in [-0.2, 0) is 6.42 Å². The van der Waals surface area contributed by atoms with Gasteiger partial charge in [-0.3, -0.25) is 4.79 Å². The molecule has 0 atom stereocenters. The van der Waals surface area contributed by atoms with E-state index in [-0.39, 0.29) is 5.78 Å². The number of carbonyl (C=O) groups excluding carboxylic acids is 1. The molecule has 1 aliphatic carbocycles. The van der Waals surface area contributed by atoms with Gasteiger partial charge in [0.2, 0.25) is 0 Å². The van der Waals surface area contributed by atoms with Gasteiger partial charge in [-0.1, -0.05) is 92.2 Å². The maximum Gasteiger partial charge on any atom is 0.160 e. The number of aryl methyl sites for hydroxylation is 3. The summed E-state index contributed by atoms with van der Waals surface area (Å²) in [6, 6.07) is 21.1. The van der Waals surface area contributed by atoms with Crippen molar-refractivity contribution in [3.8, 4) is 0 Å². The summed E-state index contributed by atoms with van der Waals surface area (Å²) in [6.45, 7) is 19.1. The molecule has 0 saturated heterocycles. The number of fused-ring (bicyclic) bond motifs is 1. The molecule has 33 heavy (non-hydrogen) atoms. The fourth-order valence-electron chi connectivity index (χ4n) is 4.64. The first kappa shape index (κ1) is 24.5. The number of benzene rings is 3. The molecule has 1 aliphatic rings. The van der Waals surface area contributed by atoms with Crippen molar-refractivity contribution < 1.29 is 4.79 Å². The predicted molar refractivity (Wildman–Crippen MR) is 143 cm³/mol. The van der Waals surface area contributed by atoms with E-state index in [2.05, 4.69) is 77.6 Å². The molecule has 170 valence electrons. The molecule has 4 rings (SSSR count). The number of allylic oxidation sites excluding steroid dienone is 3. The first-order valence-corrected chi connectivity index (χ1v) is 11.8. The van der Waals surface area contributed by atoms with Crippen LogP contribution >= 0.6 is 0 Å². The van der Waals surface area contributed by atoms with E-state index in [1.165, 1.54) is 50.1 Å². The lowest BCUT2D eigenvalue weighted by molar-refractivity contribution is 0.101. The molecule has 0 saturated carbocycles. The van der Waals surface area contributed by atoms with Crippen LogP contribution in [0, 0.1) is 20.8 Å². The second-order valence-corrected chi connectivity index (χ2v) is 9.53. The average Bonchev–Trinajstić information content (AvgIpc) is 2.76. The highest BCUT2D eigenvalue weighted by Crippen LogP contribution is 2.41.